The molecule has 0 aliphatic heterocycles. The minimum atomic E-state index is -0.511. The molecule has 1 aromatic carbocycles. The zero-order valence-corrected chi connectivity index (χ0v) is 10.4. The maximum absolute atomic E-state index is 13.1. The lowest BCUT2D eigenvalue weighted by Crippen LogP contribution is -2.38. The molecule has 1 aliphatic rings. The molecule has 0 bridgehead atoms. The molecule has 1 saturated carbocycles. The molecule has 1 aromatic rings. The van der Waals surface area contributed by atoms with Crippen LogP contribution in [0.4, 0.5) is 8.78 Å². The van der Waals surface area contributed by atoms with Crippen LogP contribution < -0.4 is 5.32 Å². The van der Waals surface area contributed by atoms with Crippen molar-refractivity contribution in [1.82, 2.24) is 5.32 Å². The monoisotopic (exact) mass is 239 g/mol. The Morgan fingerprint density at radius 3 is 2.29 bits per heavy atom. The molecule has 1 unspecified atom stereocenters. The molecule has 1 nitrogen and oxygen atoms in total. The van der Waals surface area contributed by atoms with Crippen molar-refractivity contribution in [2.24, 2.45) is 5.41 Å². The lowest BCUT2D eigenvalue weighted by Gasteiger charge is -2.39. The first-order chi connectivity index (χ1) is 7.98. The van der Waals surface area contributed by atoms with E-state index in [2.05, 4.69) is 12.2 Å². The highest BCUT2D eigenvalue weighted by Gasteiger charge is 2.31. The van der Waals surface area contributed by atoms with Crippen LogP contribution in [0.1, 0.15) is 44.7 Å². The standard InChI is InChI=1S/C14H19F2N/c1-10(17-9-14(2)4-3-5-14)11-6-12(15)8-13(16)7-11/h6-8,10,17H,3-5,9H2,1-2H3. The Balaban J connectivity index is 1.96. The van der Waals surface area contributed by atoms with Crippen LogP contribution in [0.2, 0.25) is 0 Å². The van der Waals surface area contributed by atoms with Crippen LogP contribution >= 0.6 is 0 Å². The van der Waals surface area contributed by atoms with Crippen molar-refractivity contribution in [2.75, 3.05) is 6.54 Å². The van der Waals surface area contributed by atoms with E-state index in [9.17, 15) is 8.78 Å². The molecular weight excluding hydrogens is 220 g/mol. The van der Waals surface area contributed by atoms with Crippen molar-refractivity contribution in [2.45, 2.75) is 39.2 Å². The molecule has 1 aliphatic carbocycles. The van der Waals surface area contributed by atoms with Crippen molar-refractivity contribution in [3.63, 3.8) is 0 Å². The van der Waals surface area contributed by atoms with Crippen molar-refractivity contribution in [3.8, 4) is 0 Å². The van der Waals surface area contributed by atoms with E-state index in [1.807, 2.05) is 6.92 Å². The van der Waals surface area contributed by atoms with E-state index in [4.69, 9.17) is 0 Å². The molecule has 3 heteroatoms. The minimum absolute atomic E-state index is 0.0161. The van der Waals surface area contributed by atoms with Crippen molar-refractivity contribution >= 4 is 0 Å². The molecule has 0 amide bonds. The highest BCUT2D eigenvalue weighted by molar-refractivity contribution is 5.20. The fourth-order valence-electron chi connectivity index (χ4n) is 2.30. The molecule has 1 atom stereocenters. The van der Waals surface area contributed by atoms with Gasteiger partial charge in [0.1, 0.15) is 11.6 Å². The van der Waals surface area contributed by atoms with Gasteiger partial charge in [0.15, 0.2) is 0 Å². The van der Waals surface area contributed by atoms with E-state index < -0.39 is 11.6 Å². The van der Waals surface area contributed by atoms with Crippen LogP contribution in [-0.2, 0) is 0 Å². The Morgan fingerprint density at radius 1 is 1.24 bits per heavy atom. The van der Waals surface area contributed by atoms with Gasteiger partial charge in [0.05, 0.1) is 0 Å². The van der Waals surface area contributed by atoms with Gasteiger partial charge in [0, 0.05) is 18.7 Å². The first-order valence-corrected chi connectivity index (χ1v) is 6.18. The number of nitrogens with one attached hydrogen (secondary N) is 1. The van der Waals surface area contributed by atoms with E-state index in [1.54, 1.807) is 0 Å². The second-order valence-corrected chi connectivity index (χ2v) is 5.47. The van der Waals surface area contributed by atoms with Gasteiger partial charge in [-0.1, -0.05) is 13.3 Å². The molecule has 0 radical (unpaired) electrons. The van der Waals surface area contributed by atoms with Crippen LogP contribution in [0.25, 0.3) is 0 Å². The molecule has 94 valence electrons. The molecule has 0 heterocycles. The maximum Gasteiger partial charge on any atom is 0.126 e. The molecule has 0 spiro atoms. The molecule has 1 fully saturated rings. The molecule has 1 N–H and O–H groups in total. The summed E-state index contributed by atoms with van der Waals surface area (Å²) in [5.41, 5.74) is 1.05. The Bertz CT molecular complexity index is 379. The predicted molar refractivity (Wildman–Crippen MR) is 64.7 cm³/mol. The summed E-state index contributed by atoms with van der Waals surface area (Å²) in [5.74, 6) is -1.02. The topological polar surface area (TPSA) is 12.0 Å². The number of halogens is 2. The Labute approximate surface area is 101 Å². The smallest absolute Gasteiger partial charge is 0.126 e. The van der Waals surface area contributed by atoms with Gasteiger partial charge in [0.2, 0.25) is 0 Å². The fraction of sp³-hybridized carbons (Fsp3) is 0.571. The summed E-state index contributed by atoms with van der Waals surface area (Å²) in [6, 6.07) is 3.68. The SMILES string of the molecule is CC(NCC1(C)CCC1)c1cc(F)cc(F)c1. The number of rotatable bonds is 4. The lowest BCUT2D eigenvalue weighted by molar-refractivity contribution is 0.152. The third-order valence-corrected chi connectivity index (χ3v) is 3.78. The molecule has 0 aromatic heterocycles. The predicted octanol–water partition coefficient (Wildman–Crippen LogP) is 3.81. The van der Waals surface area contributed by atoms with Crippen LogP contribution in [-0.4, -0.2) is 6.54 Å². The van der Waals surface area contributed by atoms with Gasteiger partial charge in [-0.15, -0.1) is 0 Å². The van der Waals surface area contributed by atoms with Gasteiger partial charge in [0.25, 0.3) is 0 Å². The quantitative estimate of drug-likeness (QED) is 0.842. The Kier molecular flexibility index (Phi) is 3.48. The zero-order valence-electron chi connectivity index (χ0n) is 10.4. The summed E-state index contributed by atoms with van der Waals surface area (Å²) in [5, 5.41) is 3.36. The number of hydrogen-bond acceptors (Lipinski definition) is 1. The van der Waals surface area contributed by atoms with Gasteiger partial charge in [-0.3, -0.25) is 0 Å². The third-order valence-electron chi connectivity index (χ3n) is 3.78. The van der Waals surface area contributed by atoms with Gasteiger partial charge in [-0.2, -0.15) is 0 Å². The summed E-state index contributed by atoms with van der Waals surface area (Å²) < 4.78 is 26.1. The third kappa shape index (κ3) is 3.03. The average Bonchev–Trinajstić information content (AvgIpc) is 2.22. The molecule has 2 rings (SSSR count). The minimum Gasteiger partial charge on any atom is -0.310 e. The first-order valence-electron chi connectivity index (χ1n) is 6.18. The highest BCUT2D eigenvalue weighted by atomic mass is 19.1. The summed E-state index contributed by atoms with van der Waals surface area (Å²) in [6.45, 7) is 5.10. The fourth-order valence-corrected chi connectivity index (χ4v) is 2.30. The Hall–Kier alpha value is -0.960. The van der Waals surface area contributed by atoms with Crippen molar-refractivity contribution in [3.05, 3.63) is 35.4 Å². The van der Waals surface area contributed by atoms with E-state index >= 15 is 0 Å². The van der Waals surface area contributed by atoms with Crippen LogP contribution in [0.3, 0.4) is 0 Å². The summed E-state index contributed by atoms with van der Waals surface area (Å²) >= 11 is 0. The summed E-state index contributed by atoms with van der Waals surface area (Å²) in [6.07, 6.45) is 3.77. The second-order valence-electron chi connectivity index (χ2n) is 5.47. The zero-order chi connectivity index (χ0) is 12.5. The molecule has 0 saturated heterocycles. The van der Waals surface area contributed by atoms with Gasteiger partial charge >= 0.3 is 0 Å². The maximum atomic E-state index is 13.1. The van der Waals surface area contributed by atoms with E-state index in [0.717, 1.165) is 12.6 Å². The lowest BCUT2D eigenvalue weighted by atomic mass is 9.70. The van der Waals surface area contributed by atoms with E-state index in [1.165, 1.54) is 31.4 Å². The van der Waals surface area contributed by atoms with Gasteiger partial charge < -0.3 is 5.32 Å². The van der Waals surface area contributed by atoms with Crippen LogP contribution in [0.5, 0.6) is 0 Å². The summed E-state index contributed by atoms with van der Waals surface area (Å²) in [7, 11) is 0. The average molecular weight is 239 g/mol. The highest BCUT2D eigenvalue weighted by Crippen LogP contribution is 2.39. The summed E-state index contributed by atoms with van der Waals surface area (Å²) in [4.78, 5) is 0. The van der Waals surface area contributed by atoms with Gasteiger partial charge in [-0.05, 0) is 42.9 Å². The molecule has 17 heavy (non-hydrogen) atoms. The van der Waals surface area contributed by atoms with Crippen molar-refractivity contribution in [1.29, 1.82) is 0 Å². The van der Waals surface area contributed by atoms with Crippen LogP contribution in [0, 0.1) is 17.0 Å². The van der Waals surface area contributed by atoms with Gasteiger partial charge in [-0.25, -0.2) is 8.78 Å². The Morgan fingerprint density at radius 2 is 1.82 bits per heavy atom. The second kappa shape index (κ2) is 4.73. The molecular formula is C14H19F2N. The van der Waals surface area contributed by atoms with E-state index in [-0.39, 0.29) is 6.04 Å². The first kappa shape index (κ1) is 12.5. The number of hydrogen-bond donors (Lipinski definition) is 1. The normalized spacial score (nSPS) is 19.8. The van der Waals surface area contributed by atoms with Crippen LogP contribution in [0.15, 0.2) is 18.2 Å². The largest absolute Gasteiger partial charge is 0.310 e. The number of benzene rings is 1. The van der Waals surface area contributed by atoms with E-state index in [0.29, 0.717) is 11.0 Å². The van der Waals surface area contributed by atoms with Crippen molar-refractivity contribution < 1.29 is 8.78 Å².